The second-order valence-corrected chi connectivity index (χ2v) is 6.81. The standard InChI is InChI=1S/C22H20Cl2N4/c23-20-12-7-13-21(24)19(20)16-27-28-22(25-14-17-8-3-1-4-9-17)26-15-18-10-5-2-6-11-18/h1-13,16H,14-15H2,(H2,25,26,28)/b27-16+. The average Bonchev–Trinajstić information content (AvgIpc) is 2.73. The summed E-state index contributed by atoms with van der Waals surface area (Å²) in [5, 5.41) is 8.61. The van der Waals surface area contributed by atoms with Crippen LogP contribution in [0.3, 0.4) is 0 Å². The van der Waals surface area contributed by atoms with Gasteiger partial charge >= 0.3 is 0 Å². The number of nitrogens with zero attached hydrogens (tertiary/aromatic N) is 2. The summed E-state index contributed by atoms with van der Waals surface area (Å²) in [4.78, 5) is 4.60. The summed E-state index contributed by atoms with van der Waals surface area (Å²) in [5.74, 6) is 0.562. The molecule has 0 saturated carbocycles. The van der Waals surface area contributed by atoms with Crippen molar-refractivity contribution in [1.29, 1.82) is 0 Å². The SMILES string of the molecule is Clc1cccc(Cl)c1/C=N/NC(=NCc1ccccc1)NCc1ccccc1. The molecule has 0 aliphatic heterocycles. The van der Waals surface area contributed by atoms with Crippen LogP contribution < -0.4 is 10.7 Å². The van der Waals surface area contributed by atoms with Crippen LogP contribution in [0.25, 0.3) is 0 Å². The van der Waals surface area contributed by atoms with Gasteiger partial charge in [-0.3, -0.25) is 0 Å². The molecule has 0 radical (unpaired) electrons. The van der Waals surface area contributed by atoms with Crippen LogP contribution in [0, 0.1) is 0 Å². The van der Waals surface area contributed by atoms with Crippen LogP contribution in [-0.2, 0) is 13.1 Å². The van der Waals surface area contributed by atoms with Gasteiger partial charge in [0.25, 0.3) is 0 Å². The topological polar surface area (TPSA) is 48.8 Å². The van der Waals surface area contributed by atoms with Crippen molar-refractivity contribution in [3.05, 3.63) is 106 Å². The lowest BCUT2D eigenvalue weighted by Gasteiger charge is -2.10. The Balaban J connectivity index is 1.70. The summed E-state index contributed by atoms with van der Waals surface area (Å²) in [5.41, 5.74) is 5.87. The second-order valence-electron chi connectivity index (χ2n) is 5.99. The molecule has 0 amide bonds. The molecule has 0 aliphatic carbocycles. The summed E-state index contributed by atoms with van der Waals surface area (Å²) in [6.45, 7) is 1.16. The van der Waals surface area contributed by atoms with Crippen LogP contribution >= 0.6 is 23.2 Å². The molecule has 0 aliphatic rings. The molecule has 0 bridgehead atoms. The largest absolute Gasteiger partial charge is 0.351 e. The van der Waals surface area contributed by atoms with Gasteiger partial charge in [0.15, 0.2) is 0 Å². The molecule has 0 saturated heterocycles. The van der Waals surface area contributed by atoms with Crippen LogP contribution in [0.1, 0.15) is 16.7 Å². The summed E-state index contributed by atoms with van der Waals surface area (Å²) < 4.78 is 0. The molecule has 6 heteroatoms. The first kappa shape index (κ1) is 19.9. The predicted molar refractivity (Wildman–Crippen MR) is 118 cm³/mol. The first-order chi connectivity index (χ1) is 13.7. The summed E-state index contributed by atoms with van der Waals surface area (Å²) in [6.07, 6.45) is 1.59. The Morgan fingerprint density at radius 3 is 2.04 bits per heavy atom. The minimum absolute atomic E-state index is 0.535. The fourth-order valence-corrected chi connectivity index (χ4v) is 2.95. The second kappa shape index (κ2) is 10.5. The van der Waals surface area contributed by atoms with Crippen LogP contribution in [0.5, 0.6) is 0 Å². The molecule has 4 nitrogen and oxygen atoms in total. The highest BCUT2D eigenvalue weighted by Gasteiger charge is 2.03. The molecule has 3 aromatic rings. The molecular weight excluding hydrogens is 391 g/mol. The van der Waals surface area contributed by atoms with E-state index in [9.17, 15) is 0 Å². The lowest BCUT2D eigenvalue weighted by atomic mass is 10.2. The summed E-state index contributed by atoms with van der Waals surface area (Å²) in [7, 11) is 0. The van der Waals surface area contributed by atoms with Crippen molar-refractivity contribution >= 4 is 35.4 Å². The van der Waals surface area contributed by atoms with Crippen molar-refractivity contribution in [2.75, 3.05) is 0 Å². The van der Waals surface area contributed by atoms with Crippen molar-refractivity contribution in [3.8, 4) is 0 Å². The van der Waals surface area contributed by atoms with Crippen molar-refractivity contribution < 1.29 is 0 Å². The number of nitrogens with one attached hydrogen (secondary N) is 2. The number of hydrogen-bond acceptors (Lipinski definition) is 2. The summed E-state index contributed by atoms with van der Waals surface area (Å²) >= 11 is 12.4. The third kappa shape index (κ3) is 6.12. The molecule has 2 N–H and O–H groups in total. The van der Waals surface area contributed by atoms with E-state index in [-0.39, 0.29) is 0 Å². The molecule has 0 aromatic heterocycles. The third-order valence-electron chi connectivity index (χ3n) is 3.93. The highest BCUT2D eigenvalue weighted by Crippen LogP contribution is 2.21. The molecular formula is C22H20Cl2N4. The normalized spacial score (nSPS) is 11.6. The predicted octanol–water partition coefficient (Wildman–Crippen LogP) is 5.26. The fourth-order valence-electron chi connectivity index (χ4n) is 2.46. The van der Waals surface area contributed by atoms with Crippen LogP contribution in [0.2, 0.25) is 10.0 Å². The van der Waals surface area contributed by atoms with E-state index in [1.54, 1.807) is 24.4 Å². The van der Waals surface area contributed by atoms with Gasteiger partial charge in [0.2, 0.25) is 5.96 Å². The van der Waals surface area contributed by atoms with Gasteiger partial charge in [-0.2, -0.15) is 5.10 Å². The van der Waals surface area contributed by atoms with E-state index >= 15 is 0 Å². The van der Waals surface area contributed by atoms with E-state index in [1.807, 2.05) is 48.5 Å². The van der Waals surface area contributed by atoms with Gasteiger partial charge in [0, 0.05) is 12.1 Å². The lowest BCUT2D eigenvalue weighted by molar-refractivity contribution is 0.828. The van der Waals surface area contributed by atoms with Crippen LogP contribution in [-0.4, -0.2) is 12.2 Å². The van der Waals surface area contributed by atoms with E-state index in [2.05, 4.69) is 33.0 Å². The zero-order valence-electron chi connectivity index (χ0n) is 15.1. The molecule has 3 aromatic carbocycles. The zero-order chi connectivity index (χ0) is 19.6. The smallest absolute Gasteiger partial charge is 0.212 e. The molecule has 0 unspecified atom stereocenters. The van der Waals surface area contributed by atoms with Crippen LogP contribution in [0.4, 0.5) is 0 Å². The van der Waals surface area contributed by atoms with E-state index in [0.29, 0.717) is 34.7 Å². The fraction of sp³-hybridized carbons (Fsp3) is 0.0909. The first-order valence-corrected chi connectivity index (χ1v) is 9.57. The Kier molecular flexibility index (Phi) is 7.47. The van der Waals surface area contributed by atoms with E-state index in [0.717, 1.165) is 11.1 Å². The highest BCUT2D eigenvalue weighted by atomic mass is 35.5. The molecule has 0 atom stereocenters. The van der Waals surface area contributed by atoms with Crippen molar-refractivity contribution in [1.82, 2.24) is 10.7 Å². The van der Waals surface area contributed by atoms with Gasteiger partial charge in [-0.05, 0) is 23.3 Å². The highest BCUT2D eigenvalue weighted by molar-refractivity contribution is 6.38. The lowest BCUT2D eigenvalue weighted by Crippen LogP contribution is -2.34. The Bertz CT molecular complexity index is 921. The number of guanidine groups is 1. The third-order valence-corrected chi connectivity index (χ3v) is 4.59. The molecule has 0 fully saturated rings. The van der Waals surface area contributed by atoms with E-state index in [4.69, 9.17) is 23.2 Å². The number of hydrazone groups is 1. The maximum absolute atomic E-state index is 6.18. The Hall–Kier alpha value is -2.82. The van der Waals surface area contributed by atoms with Gasteiger partial charge in [0.05, 0.1) is 22.8 Å². The van der Waals surface area contributed by atoms with Crippen molar-refractivity contribution in [2.24, 2.45) is 10.1 Å². The summed E-state index contributed by atoms with van der Waals surface area (Å²) in [6, 6.07) is 25.5. The maximum Gasteiger partial charge on any atom is 0.212 e. The molecule has 142 valence electrons. The van der Waals surface area contributed by atoms with Crippen molar-refractivity contribution in [3.63, 3.8) is 0 Å². The number of aliphatic imine (C=N–C) groups is 1. The Morgan fingerprint density at radius 2 is 1.39 bits per heavy atom. The minimum Gasteiger partial charge on any atom is -0.351 e. The number of benzene rings is 3. The number of halogens is 2. The zero-order valence-corrected chi connectivity index (χ0v) is 16.7. The van der Waals surface area contributed by atoms with Gasteiger partial charge in [-0.15, -0.1) is 0 Å². The monoisotopic (exact) mass is 410 g/mol. The van der Waals surface area contributed by atoms with Gasteiger partial charge in [0.1, 0.15) is 0 Å². The van der Waals surface area contributed by atoms with Gasteiger partial charge < -0.3 is 5.32 Å². The van der Waals surface area contributed by atoms with Gasteiger partial charge in [-0.25, -0.2) is 10.4 Å². The minimum atomic E-state index is 0.535. The number of rotatable bonds is 6. The average molecular weight is 411 g/mol. The van der Waals surface area contributed by atoms with E-state index in [1.165, 1.54) is 0 Å². The quantitative estimate of drug-likeness (QED) is 0.330. The first-order valence-electron chi connectivity index (χ1n) is 8.81. The van der Waals surface area contributed by atoms with E-state index < -0.39 is 0 Å². The van der Waals surface area contributed by atoms with Crippen molar-refractivity contribution in [2.45, 2.75) is 13.1 Å². The van der Waals surface area contributed by atoms with Crippen LogP contribution in [0.15, 0.2) is 89.0 Å². The Morgan fingerprint density at radius 1 is 0.786 bits per heavy atom. The number of hydrogen-bond donors (Lipinski definition) is 2. The molecule has 3 rings (SSSR count). The van der Waals surface area contributed by atoms with Gasteiger partial charge in [-0.1, -0.05) is 89.9 Å². The molecule has 28 heavy (non-hydrogen) atoms. The Labute approximate surface area is 174 Å². The molecule has 0 spiro atoms. The maximum atomic E-state index is 6.18. The molecule has 0 heterocycles.